The number of aliphatic hydroxyl groups excluding tert-OH is 5. The Morgan fingerprint density at radius 1 is 0.815 bits per heavy atom. The van der Waals surface area contributed by atoms with Crippen LogP contribution in [0.3, 0.4) is 0 Å². The van der Waals surface area contributed by atoms with Crippen molar-refractivity contribution in [2.75, 3.05) is 13.7 Å². The molecule has 0 saturated carbocycles. The van der Waals surface area contributed by atoms with Crippen LogP contribution in [-0.4, -0.2) is 80.3 Å². The number of nitrogens with zero attached hydrogens (tertiary/aromatic N) is 1. The molecule has 0 aliphatic carbocycles. The molecule has 0 aliphatic rings. The lowest BCUT2D eigenvalue weighted by Crippen LogP contribution is -2.52. The first kappa shape index (κ1) is 25.9. The van der Waals surface area contributed by atoms with Crippen molar-refractivity contribution in [2.24, 2.45) is 0 Å². The van der Waals surface area contributed by atoms with Crippen LogP contribution in [0.1, 0.15) is 71.1 Å². The summed E-state index contributed by atoms with van der Waals surface area (Å²) in [7, 11) is 1.20. The summed E-state index contributed by atoms with van der Waals surface area (Å²) >= 11 is 0. The fraction of sp³-hybridized carbons (Fsp3) is 0.895. The van der Waals surface area contributed by atoms with Crippen LogP contribution in [0.15, 0.2) is 0 Å². The third kappa shape index (κ3) is 10.2. The first-order valence-corrected chi connectivity index (χ1v) is 9.91. The van der Waals surface area contributed by atoms with Gasteiger partial charge in [-0.1, -0.05) is 58.3 Å². The quantitative estimate of drug-likeness (QED) is 0.254. The van der Waals surface area contributed by atoms with Gasteiger partial charge in [-0.05, 0) is 6.42 Å². The summed E-state index contributed by atoms with van der Waals surface area (Å²) in [6.45, 7) is 1.34. The van der Waals surface area contributed by atoms with Crippen LogP contribution in [0.25, 0.3) is 0 Å². The van der Waals surface area contributed by atoms with Gasteiger partial charge in [0.25, 0.3) is 5.91 Å². The number of carbonyl (C=O) groups excluding carboxylic acids is 2. The summed E-state index contributed by atoms with van der Waals surface area (Å²) in [5.41, 5.74) is 0. The van der Waals surface area contributed by atoms with Crippen molar-refractivity contribution in [3.8, 4) is 0 Å². The molecule has 8 heteroatoms. The van der Waals surface area contributed by atoms with E-state index in [0.29, 0.717) is 6.42 Å². The number of unbranched alkanes of at least 4 members (excludes halogenated alkanes) is 8. The molecule has 0 radical (unpaired) electrons. The number of carbonyl (C=O) groups is 2. The zero-order valence-corrected chi connectivity index (χ0v) is 16.6. The Labute approximate surface area is 161 Å². The SMILES string of the molecule is CCCCCCCCCCCC(=O)N(C)C(=O)[C@H](O)[C@@H](O)[C@H](O)[C@H](O)CO. The maximum absolute atomic E-state index is 12.0. The van der Waals surface area contributed by atoms with E-state index in [9.17, 15) is 30.0 Å². The summed E-state index contributed by atoms with van der Waals surface area (Å²) in [4.78, 5) is 24.8. The molecule has 0 spiro atoms. The number of amides is 2. The first-order chi connectivity index (χ1) is 12.8. The lowest BCUT2D eigenvalue weighted by atomic mass is 10.0. The summed E-state index contributed by atoms with van der Waals surface area (Å²) in [5.74, 6) is -1.54. The topological polar surface area (TPSA) is 139 Å². The molecule has 160 valence electrons. The Hall–Kier alpha value is -1.06. The highest BCUT2D eigenvalue weighted by atomic mass is 16.4. The molecule has 0 unspecified atom stereocenters. The van der Waals surface area contributed by atoms with Crippen molar-refractivity contribution < 1.29 is 35.1 Å². The summed E-state index contributed by atoms with van der Waals surface area (Å²) in [6.07, 6.45) is 2.33. The number of rotatable bonds is 15. The Bertz CT molecular complexity index is 419. The Morgan fingerprint density at radius 2 is 1.30 bits per heavy atom. The van der Waals surface area contributed by atoms with Crippen LogP contribution in [0.4, 0.5) is 0 Å². The molecular formula is C19H37NO7. The maximum atomic E-state index is 12.0. The Morgan fingerprint density at radius 3 is 1.78 bits per heavy atom. The van der Waals surface area contributed by atoms with E-state index >= 15 is 0 Å². The molecule has 0 aromatic heterocycles. The molecule has 0 saturated heterocycles. The zero-order chi connectivity index (χ0) is 20.8. The molecule has 0 aromatic carbocycles. The number of hydrogen-bond acceptors (Lipinski definition) is 7. The van der Waals surface area contributed by atoms with Crippen molar-refractivity contribution in [3.63, 3.8) is 0 Å². The molecule has 4 atom stereocenters. The van der Waals surface area contributed by atoms with Gasteiger partial charge in [-0.2, -0.15) is 0 Å². The molecule has 0 bridgehead atoms. The molecule has 0 rings (SSSR count). The van der Waals surface area contributed by atoms with Crippen LogP contribution in [0.5, 0.6) is 0 Å². The molecule has 0 aromatic rings. The van der Waals surface area contributed by atoms with Gasteiger partial charge in [0.2, 0.25) is 5.91 Å². The normalized spacial score (nSPS) is 15.8. The summed E-state index contributed by atoms with van der Waals surface area (Å²) in [6, 6.07) is 0. The third-order valence-corrected chi connectivity index (χ3v) is 4.71. The number of imide groups is 1. The number of aliphatic hydroxyl groups is 5. The van der Waals surface area contributed by atoms with Gasteiger partial charge in [0.1, 0.15) is 18.3 Å². The van der Waals surface area contributed by atoms with E-state index in [1.54, 1.807) is 0 Å². The minimum atomic E-state index is -2.07. The van der Waals surface area contributed by atoms with Gasteiger partial charge in [0.05, 0.1) is 6.61 Å². The zero-order valence-electron chi connectivity index (χ0n) is 16.6. The van der Waals surface area contributed by atoms with Gasteiger partial charge >= 0.3 is 0 Å². The first-order valence-electron chi connectivity index (χ1n) is 9.91. The molecule has 27 heavy (non-hydrogen) atoms. The lowest BCUT2D eigenvalue weighted by Gasteiger charge is -2.27. The molecule has 5 N–H and O–H groups in total. The fourth-order valence-electron chi connectivity index (χ4n) is 2.74. The van der Waals surface area contributed by atoms with Gasteiger partial charge < -0.3 is 25.5 Å². The highest BCUT2D eigenvalue weighted by molar-refractivity contribution is 5.97. The monoisotopic (exact) mass is 391 g/mol. The van der Waals surface area contributed by atoms with Crippen molar-refractivity contribution in [2.45, 2.75) is 95.5 Å². The Kier molecular flexibility index (Phi) is 14.3. The molecule has 8 nitrogen and oxygen atoms in total. The second-order valence-electron chi connectivity index (χ2n) is 7.05. The van der Waals surface area contributed by atoms with E-state index in [0.717, 1.165) is 24.2 Å². The van der Waals surface area contributed by atoms with E-state index in [4.69, 9.17) is 5.11 Å². The van der Waals surface area contributed by atoms with Crippen molar-refractivity contribution in [1.29, 1.82) is 0 Å². The van der Waals surface area contributed by atoms with Gasteiger partial charge in [0, 0.05) is 13.5 Å². The molecule has 0 fully saturated rings. The van der Waals surface area contributed by atoms with E-state index in [1.807, 2.05) is 0 Å². The van der Waals surface area contributed by atoms with Crippen LogP contribution in [0, 0.1) is 0 Å². The fourth-order valence-corrected chi connectivity index (χ4v) is 2.74. The third-order valence-electron chi connectivity index (χ3n) is 4.71. The van der Waals surface area contributed by atoms with E-state index in [2.05, 4.69) is 6.92 Å². The standard InChI is InChI=1S/C19H37NO7/c1-3-4-5-6-7-8-9-10-11-12-15(23)20(2)19(27)18(26)17(25)16(24)14(22)13-21/h14,16-18,21-22,24-26H,3-13H2,1-2H3/t14-,16-,17+,18-/m1/s1. The smallest absolute Gasteiger partial charge is 0.260 e. The van der Waals surface area contributed by atoms with E-state index in [-0.39, 0.29) is 6.42 Å². The summed E-state index contributed by atoms with van der Waals surface area (Å²) in [5, 5.41) is 47.0. The number of likely N-dealkylation sites (N-methyl/N-ethyl adjacent to an activating group) is 1. The van der Waals surface area contributed by atoms with E-state index < -0.39 is 42.8 Å². The van der Waals surface area contributed by atoms with Crippen molar-refractivity contribution >= 4 is 11.8 Å². The summed E-state index contributed by atoms with van der Waals surface area (Å²) < 4.78 is 0. The number of hydrogen-bond donors (Lipinski definition) is 5. The second-order valence-corrected chi connectivity index (χ2v) is 7.05. The molecule has 2 amide bonds. The highest BCUT2D eigenvalue weighted by Crippen LogP contribution is 2.12. The average Bonchev–Trinajstić information content (AvgIpc) is 2.68. The van der Waals surface area contributed by atoms with Gasteiger partial charge in [-0.15, -0.1) is 0 Å². The Balaban J connectivity index is 4.12. The second kappa shape index (κ2) is 14.9. The molecule has 0 heterocycles. The largest absolute Gasteiger partial charge is 0.394 e. The van der Waals surface area contributed by atoms with Crippen molar-refractivity contribution in [3.05, 3.63) is 0 Å². The van der Waals surface area contributed by atoms with E-state index in [1.165, 1.54) is 39.2 Å². The maximum Gasteiger partial charge on any atom is 0.260 e. The van der Waals surface area contributed by atoms with Crippen LogP contribution < -0.4 is 0 Å². The predicted octanol–water partition coefficient (Wildman–Crippen LogP) is 0.328. The highest BCUT2D eigenvalue weighted by Gasteiger charge is 2.36. The van der Waals surface area contributed by atoms with Crippen LogP contribution in [0.2, 0.25) is 0 Å². The lowest BCUT2D eigenvalue weighted by molar-refractivity contribution is -0.161. The van der Waals surface area contributed by atoms with Crippen LogP contribution >= 0.6 is 0 Å². The van der Waals surface area contributed by atoms with Gasteiger partial charge in [-0.3, -0.25) is 14.5 Å². The van der Waals surface area contributed by atoms with Crippen molar-refractivity contribution in [1.82, 2.24) is 4.90 Å². The average molecular weight is 392 g/mol. The molecular weight excluding hydrogens is 354 g/mol. The van der Waals surface area contributed by atoms with Crippen LogP contribution in [-0.2, 0) is 9.59 Å². The van der Waals surface area contributed by atoms with Gasteiger partial charge in [0.15, 0.2) is 6.10 Å². The molecule has 0 aliphatic heterocycles. The minimum absolute atomic E-state index is 0.155. The predicted molar refractivity (Wildman–Crippen MR) is 101 cm³/mol. The van der Waals surface area contributed by atoms with Gasteiger partial charge in [-0.25, -0.2) is 0 Å². The minimum Gasteiger partial charge on any atom is -0.394 e.